The molecule has 0 saturated carbocycles. The number of benzene rings is 2. The molecule has 2 N–H and O–H groups in total. The number of amides is 2. The van der Waals surface area contributed by atoms with Crippen molar-refractivity contribution in [2.75, 3.05) is 10.6 Å². The fourth-order valence-corrected chi connectivity index (χ4v) is 2.19. The van der Waals surface area contributed by atoms with E-state index >= 15 is 0 Å². The number of aryl methyl sites for hydroxylation is 1. The van der Waals surface area contributed by atoms with E-state index in [9.17, 15) is 9.59 Å². The standard InChI is InChI=1S/C17H17ClN2O2/c1-11-5-3-6-13(9-11)19-16(21)10-17(22)20-15-8-4-7-14(18)12(15)2/h3-9H,10H2,1-2H3,(H,19,21)(H,20,22). The lowest BCUT2D eigenvalue weighted by atomic mass is 10.2. The monoisotopic (exact) mass is 316 g/mol. The van der Waals surface area contributed by atoms with Crippen LogP contribution >= 0.6 is 11.6 Å². The van der Waals surface area contributed by atoms with Crippen LogP contribution in [-0.4, -0.2) is 11.8 Å². The van der Waals surface area contributed by atoms with Gasteiger partial charge in [0.25, 0.3) is 0 Å². The largest absolute Gasteiger partial charge is 0.326 e. The Morgan fingerprint density at radius 3 is 2.41 bits per heavy atom. The van der Waals surface area contributed by atoms with Crippen molar-refractivity contribution >= 4 is 34.8 Å². The summed E-state index contributed by atoms with van der Waals surface area (Å²) >= 11 is 5.99. The minimum absolute atomic E-state index is 0.250. The highest BCUT2D eigenvalue weighted by Gasteiger charge is 2.11. The molecule has 0 fully saturated rings. The van der Waals surface area contributed by atoms with Gasteiger partial charge < -0.3 is 10.6 Å². The molecule has 2 rings (SSSR count). The number of rotatable bonds is 4. The molecule has 0 aliphatic rings. The van der Waals surface area contributed by atoms with Crippen LogP contribution in [0.5, 0.6) is 0 Å². The van der Waals surface area contributed by atoms with Gasteiger partial charge in [0.1, 0.15) is 6.42 Å². The topological polar surface area (TPSA) is 58.2 Å². The van der Waals surface area contributed by atoms with Crippen molar-refractivity contribution in [2.45, 2.75) is 20.3 Å². The number of halogens is 1. The molecule has 0 heterocycles. The van der Waals surface area contributed by atoms with Crippen molar-refractivity contribution in [1.82, 2.24) is 0 Å². The number of hydrogen-bond acceptors (Lipinski definition) is 2. The molecule has 4 nitrogen and oxygen atoms in total. The van der Waals surface area contributed by atoms with Gasteiger partial charge in [-0.15, -0.1) is 0 Å². The van der Waals surface area contributed by atoms with Gasteiger partial charge in [0.05, 0.1) is 0 Å². The maximum Gasteiger partial charge on any atom is 0.233 e. The smallest absolute Gasteiger partial charge is 0.233 e. The van der Waals surface area contributed by atoms with Crippen molar-refractivity contribution in [2.24, 2.45) is 0 Å². The predicted molar refractivity (Wildman–Crippen MR) is 89.2 cm³/mol. The summed E-state index contributed by atoms with van der Waals surface area (Å²) in [6.07, 6.45) is -0.250. The highest BCUT2D eigenvalue weighted by molar-refractivity contribution is 6.31. The quantitative estimate of drug-likeness (QED) is 0.840. The van der Waals surface area contributed by atoms with E-state index in [-0.39, 0.29) is 18.2 Å². The Morgan fingerprint density at radius 2 is 1.68 bits per heavy atom. The van der Waals surface area contributed by atoms with E-state index in [1.165, 1.54) is 0 Å². The van der Waals surface area contributed by atoms with Crippen LogP contribution in [0.2, 0.25) is 5.02 Å². The Kier molecular flexibility index (Phi) is 5.17. The second-order valence-electron chi connectivity index (χ2n) is 5.06. The third-order valence-corrected chi connectivity index (χ3v) is 3.57. The number of anilines is 2. The van der Waals surface area contributed by atoms with Crippen LogP contribution in [0.25, 0.3) is 0 Å². The van der Waals surface area contributed by atoms with Crippen molar-refractivity contribution in [3.63, 3.8) is 0 Å². The summed E-state index contributed by atoms with van der Waals surface area (Å²) in [7, 11) is 0. The molecule has 0 bridgehead atoms. The van der Waals surface area contributed by atoms with Gasteiger partial charge in [0.15, 0.2) is 0 Å². The average molecular weight is 317 g/mol. The van der Waals surface area contributed by atoms with Gasteiger partial charge in [-0.1, -0.05) is 29.8 Å². The molecule has 0 radical (unpaired) electrons. The first-order valence-electron chi connectivity index (χ1n) is 6.87. The van der Waals surface area contributed by atoms with Crippen LogP contribution in [0.3, 0.4) is 0 Å². The fraction of sp³-hybridized carbons (Fsp3) is 0.176. The molecule has 5 heteroatoms. The van der Waals surface area contributed by atoms with Crippen LogP contribution in [0.15, 0.2) is 42.5 Å². The number of carbonyl (C=O) groups is 2. The van der Waals surface area contributed by atoms with Crippen molar-refractivity contribution in [3.05, 3.63) is 58.6 Å². The van der Waals surface area contributed by atoms with E-state index in [2.05, 4.69) is 10.6 Å². The third kappa shape index (κ3) is 4.33. The van der Waals surface area contributed by atoms with Crippen LogP contribution in [0.4, 0.5) is 11.4 Å². The van der Waals surface area contributed by atoms with Crippen LogP contribution in [0, 0.1) is 13.8 Å². The molecule has 0 atom stereocenters. The molecule has 0 saturated heterocycles. The zero-order valence-electron chi connectivity index (χ0n) is 12.4. The van der Waals surface area contributed by atoms with E-state index in [0.29, 0.717) is 16.4 Å². The lowest BCUT2D eigenvalue weighted by Crippen LogP contribution is -2.21. The summed E-state index contributed by atoms with van der Waals surface area (Å²) in [5.41, 5.74) is 3.10. The highest BCUT2D eigenvalue weighted by atomic mass is 35.5. The molecule has 114 valence electrons. The molecule has 0 unspecified atom stereocenters. The lowest BCUT2D eigenvalue weighted by Gasteiger charge is -2.10. The van der Waals surface area contributed by atoms with Gasteiger partial charge in [-0.3, -0.25) is 9.59 Å². The van der Waals surface area contributed by atoms with Crippen LogP contribution in [0.1, 0.15) is 17.5 Å². The molecule has 2 aromatic rings. The predicted octanol–water partition coefficient (Wildman–Crippen LogP) is 3.92. The maximum atomic E-state index is 11.9. The second-order valence-corrected chi connectivity index (χ2v) is 5.46. The van der Waals surface area contributed by atoms with Gasteiger partial charge >= 0.3 is 0 Å². The summed E-state index contributed by atoms with van der Waals surface area (Å²) in [6, 6.07) is 12.7. The van der Waals surface area contributed by atoms with E-state index in [4.69, 9.17) is 11.6 Å². The van der Waals surface area contributed by atoms with Gasteiger partial charge in [0, 0.05) is 16.4 Å². The zero-order valence-corrected chi connectivity index (χ0v) is 13.2. The number of carbonyl (C=O) groups excluding carboxylic acids is 2. The molecular formula is C17H17ClN2O2. The molecule has 0 aliphatic carbocycles. The summed E-state index contributed by atoms with van der Waals surface area (Å²) in [5, 5.41) is 5.97. The van der Waals surface area contributed by atoms with Gasteiger partial charge in [-0.2, -0.15) is 0 Å². The molecule has 0 aliphatic heterocycles. The van der Waals surface area contributed by atoms with Gasteiger partial charge in [0.2, 0.25) is 11.8 Å². The van der Waals surface area contributed by atoms with Gasteiger partial charge in [-0.25, -0.2) is 0 Å². The first-order valence-corrected chi connectivity index (χ1v) is 7.25. The Bertz CT molecular complexity index is 714. The first-order chi connectivity index (χ1) is 10.5. The van der Waals surface area contributed by atoms with Gasteiger partial charge in [-0.05, 0) is 49.2 Å². The average Bonchev–Trinajstić information content (AvgIpc) is 2.43. The van der Waals surface area contributed by atoms with Crippen LogP contribution < -0.4 is 10.6 Å². The summed E-state index contributed by atoms with van der Waals surface area (Å²) in [5.74, 6) is -0.738. The maximum absolute atomic E-state index is 11.9. The second kappa shape index (κ2) is 7.09. The zero-order chi connectivity index (χ0) is 16.1. The molecule has 22 heavy (non-hydrogen) atoms. The third-order valence-electron chi connectivity index (χ3n) is 3.16. The van der Waals surface area contributed by atoms with Crippen LogP contribution in [-0.2, 0) is 9.59 Å². The Labute approximate surface area is 134 Å². The Hall–Kier alpha value is -2.33. The van der Waals surface area contributed by atoms with Crippen molar-refractivity contribution in [1.29, 1.82) is 0 Å². The van der Waals surface area contributed by atoms with E-state index < -0.39 is 0 Å². The SMILES string of the molecule is Cc1cccc(NC(=O)CC(=O)Nc2cccc(Cl)c2C)c1. The number of nitrogens with one attached hydrogen (secondary N) is 2. The van der Waals surface area contributed by atoms with E-state index in [1.807, 2.05) is 32.0 Å². The minimum Gasteiger partial charge on any atom is -0.326 e. The summed E-state index contributed by atoms with van der Waals surface area (Å²) < 4.78 is 0. The molecule has 0 aromatic heterocycles. The van der Waals surface area contributed by atoms with E-state index in [0.717, 1.165) is 11.1 Å². The van der Waals surface area contributed by atoms with Crippen molar-refractivity contribution in [3.8, 4) is 0 Å². The molecule has 2 amide bonds. The molecular weight excluding hydrogens is 300 g/mol. The summed E-state index contributed by atoms with van der Waals surface area (Å²) in [4.78, 5) is 23.8. The first kappa shape index (κ1) is 16.0. The fourth-order valence-electron chi connectivity index (χ4n) is 2.01. The Balaban J connectivity index is 1.94. The lowest BCUT2D eigenvalue weighted by molar-refractivity contribution is -0.123. The number of hydrogen-bond donors (Lipinski definition) is 2. The minimum atomic E-state index is -0.379. The normalized spacial score (nSPS) is 10.1. The highest BCUT2D eigenvalue weighted by Crippen LogP contribution is 2.23. The molecule has 2 aromatic carbocycles. The molecule has 0 spiro atoms. The Morgan fingerprint density at radius 1 is 1.00 bits per heavy atom. The summed E-state index contributed by atoms with van der Waals surface area (Å²) in [6.45, 7) is 3.75. The van der Waals surface area contributed by atoms with E-state index in [1.54, 1.807) is 24.3 Å². The van der Waals surface area contributed by atoms with Crippen molar-refractivity contribution < 1.29 is 9.59 Å².